The second kappa shape index (κ2) is 9.20. The van der Waals surface area contributed by atoms with Gasteiger partial charge in [0.2, 0.25) is 0 Å². The van der Waals surface area contributed by atoms with E-state index in [1.54, 1.807) is 23.3 Å². The molecular formula is C20H25ClFN5. The van der Waals surface area contributed by atoms with E-state index in [2.05, 4.69) is 45.8 Å². The van der Waals surface area contributed by atoms with E-state index in [0.717, 1.165) is 42.9 Å². The van der Waals surface area contributed by atoms with Crippen LogP contribution in [-0.2, 0) is 6.54 Å². The van der Waals surface area contributed by atoms with E-state index < -0.39 is 6.67 Å². The van der Waals surface area contributed by atoms with Crippen molar-refractivity contribution in [1.29, 1.82) is 0 Å². The Balaban J connectivity index is 1.82. The van der Waals surface area contributed by atoms with Crippen LogP contribution in [-0.4, -0.2) is 60.1 Å². The lowest BCUT2D eigenvalue weighted by Crippen LogP contribution is -2.39. The Kier molecular flexibility index (Phi) is 6.70. The van der Waals surface area contributed by atoms with Crippen LogP contribution in [0.1, 0.15) is 24.0 Å². The Morgan fingerprint density at radius 1 is 1.33 bits per heavy atom. The maximum absolute atomic E-state index is 12.4. The van der Waals surface area contributed by atoms with E-state index in [0.29, 0.717) is 11.1 Å². The highest BCUT2D eigenvalue weighted by Gasteiger charge is 2.22. The van der Waals surface area contributed by atoms with Crippen molar-refractivity contribution in [3.8, 4) is 11.8 Å². The maximum atomic E-state index is 12.4. The minimum Gasteiger partial charge on any atom is -0.370 e. The molecule has 0 amide bonds. The Morgan fingerprint density at radius 3 is 2.96 bits per heavy atom. The average molecular weight is 390 g/mol. The molecule has 27 heavy (non-hydrogen) atoms. The topological polar surface area (TPSA) is 37.2 Å². The van der Waals surface area contributed by atoms with Gasteiger partial charge in [-0.3, -0.25) is 4.68 Å². The van der Waals surface area contributed by atoms with Crippen molar-refractivity contribution in [2.75, 3.05) is 45.3 Å². The van der Waals surface area contributed by atoms with Gasteiger partial charge in [0.25, 0.3) is 0 Å². The third kappa shape index (κ3) is 5.44. The summed E-state index contributed by atoms with van der Waals surface area (Å²) in [6.45, 7) is 2.86. The molecule has 0 aliphatic carbocycles. The molecule has 144 valence electrons. The summed E-state index contributed by atoms with van der Waals surface area (Å²) in [5, 5.41) is 4.58. The normalized spacial score (nSPS) is 17.1. The summed E-state index contributed by atoms with van der Waals surface area (Å²) in [6.07, 6.45) is 7.53. The first-order valence-electron chi connectivity index (χ1n) is 9.21. The third-order valence-electron chi connectivity index (χ3n) is 4.62. The van der Waals surface area contributed by atoms with Gasteiger partial charge in [0.1, 0.15) is 11.8 Å². The molecule has 0 aromatic carbocycles. The molecular weight excluding hydrogens is 365 g/mol. The number of pyridine rings is 1. The second-order valence-electron chi connectivity index (χ2n) is 7.17. The number of rotatable bonds is 5. The van der Waals surface area contributed by atoms with Crippen molar-refractivity contribution in [3.05, 3.63) is 40.9 Å². The molecule has 1 atom stereocenters. The van der Waals surface area contributed by atoms with Gasteiger partial charge < -0.3 is 9.80 Å². The fraction of sp³-hybridized carbons (Fsp3) is 0.500. The summed E-state index contributed by atoms with van der Waals surface area (Å²) in [6, 6.07) is 1.90. The molecule has 1 saturated heterocycles. The van der Waals surface area contributed by atoms with E-state index in [4.69, 9.17) is 11.6 Å². The number of hydrogen-bond donors (Lipinski definition) is 0. The van der Waals surface area contributed by atoms with Crippen molar-refractivity contribution in [2.45, 2.75) is 19.4 Å². The molecule has 0 radical (unpaired) electrons. The van der Waals surface area contributed by atoms with Crippen LogP contribution in [0.25, 0.3) is 0 Å². The zero-order valence-corrected chi connectivity index (χ0v) is 16.6. The van der Waals surface area contributed by atoms with Crippen molar-refractivity contribution in [1.82, 2.24) is 19.7 Å². The van der Waals surface area contributed by atoms with Crippen LogP contribution in [0.3, 0.4) is 0 Å². The van der Waals surface area contributed by atoms with E-state index in [1.165, 1.54) is 6.42 Å². The molecule has 1 aliphatic heterocycles. The molecule has 2 aromatic heterocycles. The number of alkyl halides is 1. The Hall–Kier alpha value is -2.10. The van der Waals surface area contributed by atoms with Crippen LogP contribution >= 0.6 is 11.6 Å². The van der Waals surface area contributed by atoms with Crippen LogP contribution in [0.15, 0.2) is 24.7 Å². The Labute approximate surface area is 165 Å². The fourth-order valence-electron chi connectivity index (χ4n) is 3.50. The van der Waals surface area contributed by atoms with E-state index in [9.17, 15) is 4.39 Å². The highest BCUT2D eigenvalue weighted by molar-refractivity contribution is 6.29. The van der Waals surface area contributed by atoms with Gasteiger partial charge in [-0.25, -0.2) is 9.37 Å². The summed E-state index contributed by atoms with van der Waals surface area (Å²) >= 11 is 6.17. The number of hydrogen-bond acceptors (Lipinski definition) is 4. The molecule has 0 N–H and O–H groups in total. The monoisotopic (exact) mass is 389 g/mol. The lowest BCUT2D eigenvalue weighted by atomic mass is 9.96. The molecule has 0 spiro atoms. The SMILES string of the molecule is CN(C)C[C@@H]1CCCN(c2cc(Cl)ncc2C#Cc2cnn(CCF)c2)C1. The minimum absolute atomic E-state index is 0.246. The molecule has 3 heterocycles. The minimum atomic E-state index is -0.442. The zero-order valence-electron chi connectivity index (χ0n) is 15.8. The van der Waals surface area contributed by atoms with E-state index in [1.807, 2.05) is 6.07 Å². The molecule has 0 saturated carbocycles. The third-order valence-corrected chi connectivity index (χ3v) is 4.83. The summed E-state index contributed by atoms with van der Waals surface area (Å²) in [5.74, 6) is 6.93. The summed E-state index contributed by atoms with van der Waals surface area (Å²) in [7, 11) is 4.23. The highest BCUT2D eigenvalue weighted by Crippen LogP contribution is 2.28. The standard InChI is InChI=1S/C20H25ClFN5/c1-25(2)13-17-4-3-8-26(14-17)19-10-20(21)23-12-18(19)6-5-16-11-24-27(15-16)9-7-22/h10-12,15,17H,3-4,7-9,13-14H2,1-2H3/t17-/m0/s1. The summed E-state index contributed by atoms with van der Waals surface area (Å²) < 4.78 is 14.0. The maximum Gasteiger partial charge on any atom is 0.131 e. The van der Waals surface area contributed by atoms with Crippen LogP contribution in [0.2, 0.25) is 5.15 Å². The quantitative estimate of drug-likeness (QED) is 0.581. The number of piperidine rings is 1. The largest absolute Gasteiger partial charge is 0.370 e. The molecule has 5 nitrogen and oxygen atoms in total. The number of anilines is 1. The van der Waals surface area contributed by atoms with Gasteiger partial charge in [0, 0.05) is 38.1 Å². The molecule has 0 unspecified atom stereocenters. The van der Waals surface area contributed by atoms with Gasteiger partial charge in [-0.15, -0.1) is 0 Å². The first-order chi connectivity index (χ1) is 13.0. The zero-order chi connectivity index (χ0) is 19.2. The van der Waals surface area contributed by atoms with Gasteiger partial charge >= 0.3 is 0 Å². The molecule has 0 bridgehead atoms. The van der Waals surface area contributed by atoms with Gasteiger partial charge in [-0.2, -0.15) is 5.10 Å². The number of aromatic nitrogens is 3. The van der Waals surface area contributed by atoms with Gasteiger partial charge in [-0.1, -0.05) is 23.4 Å². The first kappa shape index (κ1) is 19.7. The number of halogens is 2. The van der Waals surface area contributed by atoms with E-state index in [-0.39, 0.29) is 6.54 Å². The summed E-state index contributed by atoms with van der Waals surface area (Å²) in [5.41, 5.74) is 2.64. The van der Waals surface area contributed by atoms with E-state index >= 15 is 0 Å². The molecule has 3 rings (SSSR count). The predicted octanol–water partition coefficient (Wildman–Crippen LogP) is 3.08. The van der Waals surface area contributed by atoms with Crippen molar-refractivity contribution < 1.29 is 4.39 Å². The smallest absolute Gasteiger partial charge is 0.131 e. The fourth-order valence-corrected chi connectivity index (χ4v) is 3.66. The molecule has 7 heteroatoms. The van der Waals surface area contributed by atoms with Crippen molar-refractivity contribution in [2.24, 2.45) is 5.92 Å². The van der Waals surface area contributed by atoms with Gasteiger partial charge in [0.15, 0.2) is 0 Å². The van der Waals surface area contributed by atoms with Crippen LogP contribution in [0, 0.1) is 17.8 Å². The lowest BCUT2D eigenvalue weighted by molar-refractivity contribution is 0.292. The van der Waals surface area contributed by atoms with Crippen molar-refractivity contribution >= 4 is 17.3 Å². The summed E-state index contributed by atoms with van der Waals surface area (Å²) in [4.78, 5) is 8.81. The average Bonchev–Trinajstić information content (AvgIpc) is 3.08. The van der Waals surface area contributed by atoms with Crippen LogP contribution in [0.4, 0.5) is 10.1 Å². The first-order valence-corrected chi connectivity index (χ1v) is 9.58. The van der Waals surface area contributed by atoms with Crippen LogP contribution < -0.4 is 4.90 Å². The molecule has 2 aromatic rings. The Bertz CT molecular complexity index is 823. The highest BCUT2D eigenvalue weighted by atomic mass is 35.5. The molecule has 1 aliphatic rings. The number of nitrogens with zero attached hydrogens (tertiary/aromatic N) is 5. The number of aryl methyl sites for hydroxylation is 1. The Morgan fingerprint density at radius 2 is 2.19 bits per heavy atom. The molecule has 1 fully saturated rings. The lowest BCUT2D eigenvalue weighted by Gasteiger charge is -2.36. The second-order valence-corrected chi connectivity index (χ2v) is 7.56. The predicted molar refractivity (Wildman–Crippen MR) is 107 cm³/mol. The van der Waals surface area contributed by atoms with Gasteiger partial charge in [0.05, 0.1) is 29.6 Å². The van der Waals surface area contributed by atoms with Crippen LogP contribution in [0.5, 0.6) is 0 Å². The van der Waals surface area contributed by atoms with Gasteiger partial charge in [-0.05, 0) is 32.9 Å². The van der Waals surface area contributed by atoms with Crippen molar-refractivity contribution in [3.63, 3.8) is 0 Å².